The SMILES string of the molecule is COc1nc2nc(Cl)nc(NCc3ccncc3)c2[nH]1. The van der Waals surface area contributed by atoms with Crippen LogP contribution in [0.5, 0.6) is 6.01 Å². The molecule has 0 aliphatic heterocycles. The summed E-state index contributed by atoms with van der Waals surface area (Å²) in [6.07, 6.45) is 3.47. The number of rotatable bonds is 4. The van der Waals surface area contributed by atoms with Crippen LogP contribution in [0.1, 0.15) is 5.56 Å². The lowest BCUT2D eigenvalue weighted by atomic mass is 10.3. The van der Waals surface area contributed by atoms with E-state index < -0.39 is 0 Å². The van der Waals surface area contributed by atoms with Crippen molar-refractivity contribution in [3.05, 3.63) is 35.4 Å². The zero-order chi connectivity index (χ0) is 13.9. The average molecular weight is 291 g/mol. The maximum Gasteiger partial charge on any atom is 0.295 e. The molecule has 0 spiro atoms. The van der Waals surface area contributed by atoms with Crippen LogP contribution in [-0.2, 0) is 6.54 Å². The van der Waals surface area contributed by atoms with E-state index in [4.69, 9.17) is 16.3 Å². The summed E-state index contributed by atoms with van der Waals surface area (Å²) in [7, 11) is 1.52. The second-order valence-corrected chi connectivity index (χ2v) is 4.33. The van der Waals surface area contributed by atoms with Crippen molar-refractivity contribution in [1.82, 2.24) is 24.9 Å². The first-order valence-electron chi connectivity index (χ1n) is 5.86. The van der Waals surface area contributed by atoms with Crippen molar-refractivity contribution in [3.8, 4) is 6.01 Å². The van der Waals surface area contributed by atoms with Crippen molar-refractivity contribution in [2.24, 2.45) is 0 Å². The number of nitrogens with one attached hydrogen (secondary N) is 2. The third kappa shape index (κ3) is 2.48. The van der Waals surface area contributed by atoms with Crippen molar-refractivity contribution in [2.75, 3.05) is 12.4 Å². The molecule has 0 saturated carbocycles. The third-order valence-corrected chi connectivity index (χ3v) is 2.87. The molecule has 3 aromatic heterocycles. The fraction of sp³-hybridized carbons (Fsp3) is 0.167. The number of hydrogen-bond acceptors (Lipinski definition) is 6. The van der Waals surface area contributed by atoms with Crippen LogP contribution < -0.4 is 10.1 Å². The molecule has 102 valence electrons. The van der Waals surface area contributed by atoms with E-state index in [0.29, 0.717) is 29.5 Å². The number of anilines is 1. The molecular formula is C12H11ClN6O. The summed E-state index contributed by atoms with van der Waals surface area (Å²) in [4.78, 5) is 19.3. The Kier molecular flexibility index (Phi) is 3.34. The largest absolute Gasteiger partial charge is 0.468 e. The second-order valence-electron chi connectivity index (χ2n) is 3.99. The van der Waals surface area contributed by atoms with Gasteiger partial charge in [-0.3, -0.25) is 4.98 Å². The van der Waals surface area contributed by atoms with Gasteiger partial charge < -0.3 is 15.0 Å². The zero-order valence-electron chi connectivity index (χ0n) is 10.6. The lowest BCUT2D eigenvalue weighted by molar-refractivity contribution is 0.386. The molecule has 2 N–H and O–H groups in total. The first-order chi connectivity index (χ1) is 9.76. The molecule has 3 rings (SSSR count). The van der Waals surface area contributed by atoms with Crippen LogP contribution in [0.15, 0.2) is 24.5 Å². The van der Waals surface area contributed by atoms with E-state index in [1.54, 1.807) is 12.4 Å². The summed E-state index contributed by atoms with van der Waals surface area (Å²) in [6.45, 7) is 0.590. The Bertz CT molecular complexity index is 729. The first-order valence-corrected chi connectivity index (χ1v) is 6.24. The smallest absolute Gasteiger partial charge is 0.295 e. The van der Waals surface area contributed by atoms with Crippen LogP contribution in [0.3, 0.4) is 0 Å². The van der Waals surface area contributed by atoms with E-state index in [2.05, 4.69) is 30.2 Å². The van der Waals surface area contributed by atoms with Gasteiger partial charge in [-0.15, -0.1) is 0 Å². The van der Waals surface area contributed by atoms with Gasteiger partial charge >= 0.3 is 0 Å². The van der Waals surface area contributed by atoms with Gasteiger partial charge in [0.2, 0.25) is 5.28 Å². The summed E-state index contributed by atoms with van der Waals surface area (Å²) in [5.41, 5.74) is 2.19. The highest BCUT2D eigenvalue weighted by molar-refractivity contribution is 6.28. The van der Waals surface area contributed by atoms with Crippen molar-refractivity contribution in [3.63, 3.8) is 0 Å². The Hall–Kier alpha value is -2.41. The van der Waals surface area contributed by atoms with Crippen LogP contribution in [-0.4, -0.2) is 32.0 Å². The maximum atomic E-state index is 5.89. The van der Waals surface area contributed by atoms with E-state index in [1.165, 1.54) is 7.11 Å². The Labute approximate surface area is 119 Å². The van der Waals surface area contributed by atoms with Crippen LogP contribution in [0, 0.1) is 0 Å². The number of hydrogen-bond donors (Lipinski definition) is 2. The molecule has 0 bridgehead atoms. The lowest BCUT2D eigenvalue weighted by Gasteiger charge is -2.06. The van der Waals surface area contributed by atoms with E-state index in [9.17, 15) is 0 Å². The highest BCUT2D eigenvalue weighted by Gasteiger charge is 2.12. The summed E-state index contributed by atoms with van der Waals surface area (Å²) in [6, 6.07) is 4.20. The molecule has 0 atom stereocenters. The molecule has 3 aromatic rings. The molecule has 3 heterocycles. The second kappa shape index (κ2) is 5.30. The minimum atomic E-state index is 0.129. The summed E-state index contributed by atoms with van der Waals surface area (Å²) in [5.74, 6) is 0.576. The van der Waals surface area contributed by atoms with Crippen molar-refractivity contribution < 1.29 is 4.74 Å². The first kappa shape index (κ1) is 12.6. The number of halogens is 1. The summed E-state index contributed by atoms with van der Waals surface area (Å²) < 4.78 is 5.04. The number of nitrogens with zero attached hydrogens (tertiary/aromatic N) is 4. The number of H-pyrrole nitrogens is 1. The Balaban J connectivity index is 1.92. The van der Waals surface area contributed by atoms with E-state index >= 15 is 0 Å². The fourth-order valence-electron chi connectivity index (χ4n) is 1.76. The Morgan fingerprint density at radius 2 is 2.05 bits per heavy atom. The Morgan fingerprint density at radius 3 is 2.80 bits per heavy atom. The summed E-state index contributed by atoms with van der Waals surface area (Å²) in [5, 5.41) is 3.32. The van der Waals surface area contributed by atoms with Crippen molar-refractivity contribution in [2.45, 2.75) is 6.54 Å². The molecule has 0 unspecified atom stereocenters. The number of aromatic amines is 1. The highest BCUT2D eigenvalue weighted by atomic mass is 35.5. The fourth-order valence-corrected chi connectivity index (χ4v) is 1.93. The molecular weight excluding hydrogens is 280 g/mol. The number of imidazole rings is 1. The zero-order valence-corrected chi connectivity index (χ0v) is 11.3. The molecule has 0 aliphatic rings. The minimum absolute atomic E-state index is 0.129. The molecule has 7 nitrogen and oxygen atoms in total. The van der Waals surface area contributed by atoms with Gasteiger partial charge in [0.05, 0.1) is 7.11 Å². The minimum Gasteiger partial charge on any atom is -0.468 e. The van der Waals surface area contributed by atoms with E-state index in [0.717, 1.165) is 5.56 Å². The molecule has 0 fully saturated rings. The number of fused-ring (bicyclic) bond motifs is 1. The molecule has 0 amide bonds. The molecule has 0 radical (unpaired) electrons. The highest BCUT2D eigenvalue weighted by Crippen LogP contribution is 2.22. The normalized spacial score (nSPS) is 10.7. The van der Waals surface area contributed by atoms with Crippen LogP contribution in [0.25, 0.3) is 11.2 Å². The van der Waals surface area contributed by atoms with Crippen LogP contribution in [0.2, 0.25) is 5.28 Å². The van der Waals surface area contributed by atoms with Gasteiger partial charge in [0.1, 0.15) is 5.52 Å². The topological polar surface area (TPSA) is 88.6 Å². The number of methoxy groups -OCH3 is 1. The standard InChI is InChI=1S/C12H11ClN6O/c1-20-12-16-8-9(17-11(13)18-10(8)19-12)15-6-7-2-4-14-5-3-7/h2-5H,6H2,1H3,(H2,15,16,17,18,19). The van der Waals surface area contributed by atoms with Crippen molar-refractivity contribution >= 4 is 28.6 Å². The molecule has 0 saturated heterocycles. The maximum absolute atomic E-state index is 5.89. The number of aromatic nitrogens is 5. The Morgan fingerprint density at radius 1 is 1.25 bits per heavy atom. The van der Waals surface area contributed by atoms with E-state index in [-0.39, 0.29) is 5.28 Å². The van der Waals surface area contributed by atoms with Gasteiger partial charge in [0, 0.05) is 18.9 Å². The number of ether oxygens (including phenoxy) is 1. The molecule has 0 aromatic carbocycles. The van der Waals surface area contributed by atoms with Crippen LogP contribution >= 0.6 is 11.6 Å². The predicted molar refractivity (Wildman–Crippen MR) is 74.8 cm³/mol. The van der Waals surface area contributed by atoms with Gasteiger partial charge in [0.25, 0.3) is 6.01 Å². The molecule has 20 heavy (non-hydrogen) atoms. The molecule has 8 heteroatoms. The predicted octanol–water partition coefficient (Wildman–Crippen LogP) is 2.02. The van der Waals surface area contributed by atoms with E-state index in [1.807, 2.05) is 12.1 Å². The third-order valence-electron chi connectivity index (χ3n) is 2.70. The monoisotopic (exact) mass is 290 g/mol. The molecule has 0 aliphatic carbocycles. The van der Waals surface area contributed by atoms with Crippen molar-refractivity contribution in [1.29, 1.82) is 0 Å². The van der Waals surface area contributed by atoms with Gasteiger partial charge in [0.15, 0.2) is 11.5 Å². The van der Waals surface area contributed by atoms with Gasteiger partial charge in [-0.2, -0.15) is 15.0 Å². The lowest BCUT2D eigenvalue weighted by Crippen LogP contribution is -2.03. The van der Waals surface area contributed by atoms with Gasteiger partial charge in [-0.05, 0) is 29.3 Å². The average Bonchev–Trinajstić information content (AvgIpc) is 2.88. The van der Waals surface area contributed by atoms with Crippen LogP contribution in [0.4, 0.5) is 5.82 Å². The van der Waals surface area contributed by atoms with Gasteiger partial charge in [-0.1, -0.05) is 0 Å². The summed E-state index contributed by atoms with van der Waals surface area (Å²) >= 11 is 5.89. The van der Waals surface area contributed by atoms with Gasteiger partial charge in [-0.25, -0.2) is 0 Å². The quantitative estimate of drug-likeness (QED) is 0.715. The number of pyridine rings is 1.